The van der Waals surface area contributed by atoms with Crippen molar-refractivity contribution in [1.82, 2.24) is 10.2 Å². The Balaban J connectivity index is 2.26. The molecule has 2 aromatic rings. The lowest BCUT2D eigenvalue weighted by molar-refractivity contribution is -0.115. The second-order valence-corrected chi connectivity index (χ2v) is 5.11. The van der Waals surface area contributed by atoms with Crippen LogP contribution in [0, 0.1) is 20.8 Å². The van der Waals surface area contributed by atoms with E-state index in [-0.39, 0.29) is 12.3 Å². The van der Waals surface area contributed by atoms with Crippen molar-refractivity contribution in [2.45, 2.75) is 27.7 Å². The van der Waals surface area contributed by atoms with E-state index in [4.69, 9.17) is 0 Å². The van der Waals surface area contributed by atoms with Crippen LogP contribution in [0.5, 0.6) is 0 Å². The number of Topliss-reactive ketones (excluding diaryl/α,β-unsaturated/α-hetero) is 1. The molecule has 0 bridgehead atoms. The summed E-state index contributed by atoms with van der Waals surface area (Å²) in [6, 6.07) is 8.07. The molecule has 0 aliphatic carbocycles. The van der Waals surface area contributed by atoms with Crippen LogP contribution in [-0.4, -0.2) is 22.5 Å². The quantitative estimate of drug-likeness (QED) is 0.926. The van der Waals surface area contributed by atoms with E-state index in [0.717, 1.165) is 11.3 Å². The Hall–Kier alpha value is -2.23. The molecule has 0 aliphatic heterocycles. The highest BCUT2D eigenvalue weighted by molar-refractivity contribution is 5.80. The first kappa shape index (κ1) is 14.2. The number of benzene rings is 1. The third-order valence-corrected chi connectivity index (χ3v) is 3.30. The third-order valence-electron chi connectivity index (χ3n) is 3.30. The van der Waals surface area contributed by atoms with Gasteiger partial charge in [-0.3, -0.25) is 4.79 Å². The molecule has 1 aromatic carbocycles. The van der Waals surface area contributed by atoms with Crippen LogP contribution >= 0.6 is 0 Å². The maximum absolute atomic E-state index is 10.9. The average Bonchev–Trinajstić information content (AvgIpc) is 2.41. The number of anilines is 1. The number of ketones is 1. The summed E-state index contributed by atoms with van der Waals surface area (Å²) in [4.78, 5) is 10.9. The zero-order valence-corrected chi connectivity index (χ0v) is 12.3. The molecule has 0 atom stereocenters. The molecule has 0 amide bonds. The second-order valence-electron chi connectivity index (χ2n) is 5.11. The Kier molecular flexibility index (Phi) is 4.13. The van der Waals surface area contributed by atoms with E-state index in [2.05, 4.69) is 48.4 Å². The molecular formula is C16H19N3O. The maximum Gasteiger partial charge on any atom is 0.149 e. The minimum atomic E-state index is 0.0703. The fourth-order valence-electron chi connectivity index (χ4n) is 2.02. The molecule has 0 saturated heterocycles. The van der Waals surface area contributed by atoms with Crippen molar-refractivity contribution in [3.63, 3.8) is 0 Å². The van der Waals surface area contributed by atoms with Crippen molar-refractivity contribution in [2.24, 2.45) is 0 Å². The molecule has 1 aromatic heterocycles. The molecule has 0 radical (unpaired) electrons. The van der Waals surface area contributed by atoms with Gasteiger partial charge in [-0.25, -0.2) is 0 Å². The van der Waals surface area contributed by atoms with E-state index in [1.807, 2.05) is 12.1 Å². The molecule has 20 heavy (non-hydrogen) atoms. The van der Waals surface area contributed by atoms with Gasteiger partial charge in [0.2, 0.25) is 0 Å². The van der Waals surface area contributed by atoms with Crippen molar-refractivity contribution in [3.05, 3.63) is 41.0 Å². The van der Waals surface area contributed by atoms with Gasteiger partial charge >= 0.3 is 0 Å². The predicted octanol–water partition coefficient (Wildman–Crippen LogP) is 3.07. The van der Waals surface area contributed by atoms with Gasteiger partial charge in [-0.2, -0.15) is 0 Å². The standard InChI is InChI=1S/C16H19N3O/c1-10-7-12(3)14(8-11(10)2)15-5-6-16(19-18-15)17-9-13(4)20/h5-8H,9H2,1-4H3,(H,17,19). The molecule has 0 aliphatic rings. The van der Waals surface area contributed by atoms with E-state index < -0.39 is 0 Å². The first-order chi connectivity index (χ1) is 9.47. The van der Waals surface area contributed by atoms with Crippen molar-refractivity contribution in [2.75, 3.05) is 11.9 Å². The highest BCUT2D eigenvalue weighted by Gasteiger charge is 2.07. The number of carbonyl (C=O) groups is 1. The average molecular weight is 269 g/mol. The predicted molar refractivity (Wildman–Crippen MR) is 80.8 cm³/mol. The molecule has 0 fully saturated rings. The van der Waals surface area contributed by atoms with E-state index >= 15 is 0 Å². The number of aryl methyl sites for hydroxylation is 3. The molecule has 0 saturated carbocycles. The largest absolute Gasteiger partial charge is 0.362 e. The summed E-state index contributed by atoms with van der Waals surface area (Å²) in [5.74, 6) is 0.686. The third kappa shape index (κ3) is 3.20. The summed E-state index contributed by atoms with van der Waals surface area (Å²) >= 11 is 0. The smallest absolute Gasteiger partial charge is 0.149 e. The van der Waals surface area contributed by atoms with Crippen molar-refractivity contribution in [3.8, 4) is 11.3 Å². The van der Waals surface area contributed by atoms with Gasteiger partial charge in [0, 0.05) is 5.56 Å². The lowest BCUT2D eigenvalue weighted by atomic mass is 9.99. The zero-order chi connectivity index (χ0) is 14.7. The summed E-state index contributed by atoms with van der Waals surface area (Å²) in [7, 11) is 0. The number of nitrogens with one attached hydrogen (secondary N) is 1. The van der Waals surface area contributed by atoms with Gasteiger partial charge < -0.3 is 5.32 Å². The number of nitrogens with zero attached hydrogens (tertiary/aromatic N) is 2. The molecule has 1 heterocycles. The minimum absolute atomic E-state index is 0.0703. The van der Waals surface area contributed by atoms with E-state index in [9.17, 15) is 4.79 Å². The van der Waals surface area contributed by atoms with Crippen LogP contribution in [0.1, 0.15) is 23.6 Å². The van der Waals surface area contributed by atoms with Crippen molar-refractivity contribution >= 4 is 11.6 Å². The number of carbonyl (C=O) groups excluding carboxylic acids is 1. The first-order valence-corrected chi connectivity index (χ1v) is 6.62. The Morgan fingerprint density at radius 3 is 2.35 bits per heavy atom. The number of aromatic nitrogens is 2. The number of hydrogen-bond acceptors (Lipinski definition) is 4. The fraction of sp³-hybridized carbons (Fsp3) is 0.312. The molecule has 2 rings (SSSR count). The van der Waals surface area contributed by atoms with Gasteiger partial charge in [0.05, 0.1) is 12.2 Å². The van der Waals surface area contributed by atoms with Crippen LogP contribution in [0.3, 0.4) is 0 Å². The maximum atomic E-state index is 10.9. The Morgan fingerprint density at radius 1 is 1.05 bits per heavy atom. The van der Waals surface area contributed by atoms with Crippen LogP contribution in [0.2, 0.25) is 0 Å². The van der Waals surface area contributed by atoms with Crippen LogP contribution in [0.15, 0.2) is 24.3 Å². The zero-order valence-electron chi connectivity index (χ0n) is 12.3. The topological polar surface area (TPSA) is 54.9 Å². The summed E-state index contributed by atoms with van der Waals surface area (Å²) < 4.78 is 0. The Morgan fingerprint density at radius 2 is 1.75 bits per heavy atom. The molecule has 4 heteroatoms. The number of rotatable bonds is 4. The lowest BCUT2D eigenvalue weighted by Crippen LogP contribution is -2.11. The second kappa shape index (κ2) is 5.82. The summed E-state index contributed by atoms with van der Waals surface area (Å²) in [6.07, 6.45) is 0. The SMILES string of the molecule is CC(=O)CNc1ccc(-c2cc(C)c(C)cc2C)nn1. The molecular weight excluding hydrogens is 250 g/mol. The van der Waals surface area contributed by atoms with Gasteiger partial charge in [-0.1, -0.05) is 6.07 Å². The molecule has 104 valence electrons. The van der Waals surface area contributed by atoms with Crippen LogP contribution in [-0.2, 0) is 4.79 Å². The van der Waals surface area contributed by atoms with Gasteiger partial charge in [0.15, 0.2) is 0 Å². The Labute approximate surface area is 119 Å². The van der Waals surface area contributed by atoms with E-state index in [0.29, 0.717) is 5.82 Å². The van der Waals surface area contributed by atoms with Crippen LogP contribution in [0.25, 0.3) is 11.3 Å². The van der Waals surface area contributed by atoms with Gasteiger partial charge in [0.25, 0.3) is 0 Å². The van der Waals surface area contributed by atoms with Crippen LogP contribution in [0.4, 0.5) is 5.82 Å². The summed E-state index contributed by atoms with van der Waals surface area (Å²) in [5.41, 5.74) is 5.65. The Bertz CT molecular complexity index is 633. The van der Waals surface area contributed by atoms with Gasteiger partial charge in [-0.05, 0) is 62.6 Å². The number of hydrogen-bond donors (Lipinski definition) is 1. The lowest BCUT2D eigenvalue weighted by Gasteiger charge is -2.09. The summed E-state index contributed by atoms with van der Waals surface area (Å²) in [6.45, 7) is 8.08. The van der Waals surface area contributed by atoms with Crippen LogP contribution < -0.4 is 5.32 Å². The normalized spacial score (nSPS) is 10.4. The van der Waals surface area contributed by atoms with Gasteiger partial charge in [-0.15, -0.1) is 10.2 Å². The molecule has 1 N–H and O–H groups in total. The fourth-order valence-corrected chi connectivity index (χ4v) is 2.02. The monoisotopic (exact) mass is 269 g/mol. The van der Waals surface area contributed by atoms with E-state index in [1.165, 1.54) is 23.6 Å². The summed E-state index contributed by atoms with van der Waals surface area (Å²) in [5, 5.41) is 11.3. The van der Waals surface area contributed by atoms with Crippen molar-refractivity contribution < 1.29 is 4.79 Å². The first-order valence-electron chi connectivity index (χ1n) is 6.62. The highest BCUT2D eigenvalue weighted by atomic mass is 16.1. The minimum Gasteiger partial charge on any atom is -0.362 e. The van der Waals surface area contributed by atoms with Crippen molar-refractivity contribution in [1.29, 1.82) is 0 Å². The molecule has 0 unspecified atom stereocenters. The highest BCUT2D eigenvalue weighted by Crippen LogP contribution is 2.24. The van der Waals surface area contributed by atoms with E-state index in [1.54, 1.807) is 0 Å². The van der Waals surface area contributed by atoms with Gasteiger partial charge in [0.1, 0.15) is 11.6 Å². The molecule has 4 nitrogen and oxygen atoms in total. The molecule has 0 spiro atoms.